The van der Waals surface area contributed by atoms with Crippen LogP contribution in [0.1, 0.15) is 12.0 Å². The second kappa shape index (κ2) is 3.38. The maximum absolute atomic E-state index is 12.1. The van der Waals surface area contributed by atoms with Crippen molar-refractivity contribution in [3.8, 4) is 0 Å². The number of H-pyrrole nitrogens is 1. The number of anilines is 1. The number of rotatable bonds is 1. The highest BCUT2D eigenvalue weighted by Gasteiger charge is 2.14. The van der Waals surface area contributed by atoms with Gasteiger partial charge in [-0.25, -0.2) is 8.78 Å². The van der Waals surface area contributed by atoms with Gasteiger partial charge in [-0.1, -0.05) is 0 Å². The van der Waals surface area contributed by atoms with Gasteiger partial charge in [-0.05, 0) is 22.6 Å². The molecule has 0 amide bonds. The lowest BCUT2D eigenvalue weighted by Gasteiger charge is -2.01. The van der Waals surface area contributed by atoms with Gasteiger partial charge in [-0.2, -0.15) is 0 Å². The van der Waals surface area contributed by atoms with Gasteiger partial charge in [0.15, 0.2) is 0 Å². The number of nitrogen functional groups attached to an aromatic ring is 1. The van der Waals surface area contributed by atoms with Gasteiger partial charge in [0.1, 0.15) is 9.39 Å². The van der Waals surface area contributed by atoms with E-state index in [9.17, 15) is 13.6 Å². The second-order valence-corrected chi connectivity index (χ2v) is 3.18. The SMILES string of the molecule is Nc1[nH]cc(C(F)F)c(=O)c1I. The Labute approximate surface area is 80.1 Å². The molecule has 66 valence electrons. The molecule has 3 N–H and O–H groups in total. The van der Waals surface area contributed by atoms with E-state index in [1.165, 1.54) is 0 Å². The summed E-state index contributed by atoms with van der Waals surface area (Å²) in [6, 6.07) is 0. The van der Waals surface area contributed by atoms with Gasteiger partial charge in [0.2, 0.25) is 5.43 Å². The van der Waals surface area contributed by atoms with Gasteiger partial charge in [0, 0.05) is 6.20 Å². The topological polar surface area (TPSA) is 58.9 Å². The first-order chi connectivity index (χ1) is 5.54. The number of nitrogens with two attached hydrogens (primary N) is 1. The lowest BCUT2D eigenvalue weighted by atomic mass is 10.3. The fourth-order valence-corrected chi connectivity index (χ4v) is 1.16. The summed E-state index contributed by atoms with van der Waals surface area (Å²) in [5.74, 6) is 0.116. The van der Waals surface area contributed by atoms with Crippen molar-refractivity contribution in [2.45, 2.75) is 6.43 Å². The van der Waals surface area contributed by atoms with E-state index in [0.717, 1.165) is 6.20 Å². The molecule has 1 aromatic rings. The van der Waals surface area contributed by atoms with Gasteiger partial charge in [0.05, 0.1) is 5.56 Å². The third kappa shape index (κ3) is 1.57. The summed E-state index contributed by atoms with van der Waals surface area (Å²) >= 11 is 1.63. The second-order valence-electron chi connectivity index (χ2n) is 2.10. The molecule has 0 saturated heterocycles. The molecule has 0 unspecified atom stereocenters. The van der Waals surface area contributed by atoms with E-state index in [-0.39, 0.29) is 9.39 Å². The molecule has 12 heavy (non-hydrogen) atoms. The lowest BCUT2D eigenvalue weighted by Crippen LogP contribution is -2.15. The molecule has 1 heterocycles. The third-order valence-corrected chi connectivity index (χ3v) is 2.39. The van der Waals surface area contributed by atoms with E-state index in [4.69, 9.17) is 5.73 Å². The van der Waals surface area contributed by atoms with Crippen LogP contribution in [0, 0.1) is 3.57 Å². The van der Waals surface area contributed by atoms with E-state index in [1.54, 1.807) is 22.6 Å². The van der Waals surface area contributed by atoms with Crippen LogP contribution in [0.4, 0.5) is 14.6 Å². The highest BCUT2D eigenvalue weighted by Crippen LogP contribution is 2.16. The Morgan fingerprint density at radius 3 is 2.67 bits per heavy atom. The average Bonchev–Trinajstić information content (AvgIpc) is 2.00. The Kier molecular flexibility index (Phi) is 2.65. The van der Waals surface area contributed by atoms with E-state index in [1.807, 2.05) is 0 Å². The number of pyridine rings is 1. The van der Waals surface area contributed by atoms with E-state index >= 15 is 0 Å². The molecule has 0 atom stereocenters. The zero-order chi connectivity index (χ0) is 9.30. The highest BCUT2D eigenvalue weighted by atomic mass is 127. The molecule has 0 bridgehead atoms. The highest BCUT2D eigenvalue weighted by molar-refractivity contribution is 14.1. The Morgan fingerprint density at radius 2 is 2.17 bits per heavy atom. The van der Waals surface area contributed by atoms with Crippen molar-refractivity contribution in [3.63, 3.8) is 0 Å². The average molecular weight is 286 g/mol. The van der Waals surface area contributed by atoms with Crippen molar-refractivity contribution in [3.05, 3.63) is 25.6 Å². The smallest absolute Gasteiger partial charge is 0.269 e. The molecule has 0 fully saturated rings. The summed E-state index contributed by atoms with van der Waals surface area (Å²) in [4.78, 5) is 13.4. The fourth-order valence-electron chi connectivity index (χ4n) is 0.696. The first kappa shape index (κ1) is 9.43. The molecule has 0 saturated carbocycles. The molecule has 6 heteroatoms. The van der Waals surface area contributed by atoms with Crippen LogP contribution in [-0.2, 0) is 0 Å². The Morgan fingerprint density at radius 1 is 1.58 bits per heavy atom. The molecule has 0 aliphatic carbocycles. The summed E-state index contributed by atoms with van der Waals surface area (Å²) in [7, 11) is 0. The minimum Gasteiger partial charge on any atom is -0.384 e. The minimum atomic E-state index is -2.76. The van der Waals surface area contributed by atoms with Gasteiger partial charge in [-0.15, -0.1) is 0 Å². The van der Waals surface area contributed by atoms with Crippen molar-refractivity contribution in [2.75, 3.05) is 5.73 Å². The van der Waals surface area contributed by atoms with Gasteiger partial charge < -0.3 is 10.7 Å². The van der Waals surface area contributed by atoms with Crippen LogP contribution in [0.3, 0.4) is 0 Å². The minimum absolute atomic E-state index is 0.102. The van der Waals surface area contributed by atoms with Crippen LogP contribution >= 0.6 is 22.6 Å². The summed E-state index contributed by atoms with van der Waals surface area (Å²) < 4.78 is 24.3. The Bertz CT molecular complexity index is 350. The quantitative estimate of drug-likeness (QED) is 0.769. The molecule has 0 aliphatic rings. The summed E-state index contributed by atoms with van der Waals surface area (Å²) in [5, 5.41) is 0. The van der Waals surface area contributed by atoms with Crippen LogP contribution in [0.2, 0.25) is 0 Å². The molecule has 3 nitrogen and oxygen atoms in total. The van der Waals surface area contributed by atoms with Gasteiger partial charge >= 0.3 is 0 Å². The molecule has 0 radical (unpaired) electrons. The Balaban J connectivity index is 3.37. The van der Waals surface area contributed by atoms with Crippen LogP contribution in [-0.4, -0.2) is 4.98 Å². The van der Waals surface area contributed by atoms with Crippen molar-refractivity contribution < 1.29 is 8.78 Å². The van der Waals surface area contributed by atoms with Crippen LogP contribution in [0.5, 0.6) is 0 Å². The standard InChI is InChI=1S/C6H5F2IN2O/c7-5(8)2-1-11-6(10)3(9)4(2)12/h1,5H,(H3,10,11,12). The Hall–Kier alpha value is -0.660. The van der Waals surface area contributed by atoms with Crippen LogP contribution in [0.15, 0.2) is 11.0 Å². The predicted molar refractivity (Wildman–Crippen MR) is 49.1 cm³/mol. The van der Waals surface area contributed by atoms with Gasteiger partial charge in [-0.3, -0.25) is 4.79 Å². The van der Waals surface area contributed by atoms with Crippen molar-refractivity contribution >= 4 is 28.4 Å². The van der Waals surface area contributed by atoms with Crippen LogP contribution in [0.25, 0.3) is 0 Å². The van der Waals surface area contributed by atoms with E-state index in [2.05, 4.69) is 4.98 Å². The number of halogens is 3. The van der Waals surface area contributed by atoms with E-state index in [0.29, 0.717) is 0 Å². The number of alkyl halides is 2. The number of nitrogens with one attached hydrogen (secondary N) is 1. The molecule has 0 aromatic carbocycles. The molecule has 1 rings (SSSR count). The largest absolute Gasteiger partial charge is 0.384 e. The maximum Gasteiger partial charge on any atom is 0.269 e. The van der Waals surface area contributed by atoms with Crippen molar-refractivity contribution in [1.29, 1.82) is 0 Å². The zero-order valence-corrected chi connectivity index (χ0v) is 7.93. The molecular weight excluding hydrogens is 281 g/mol. The van der Waals surface area contributed by atoms with Crippen molar-refractivity contribution in [2.24, 2.45) is 0 Å². The fraction of sp³-hybridized carbons (Fsp3) is 0.167. The summed E-state index contributed by atoms with van der Waals surface area (Å²) in [6.07, 6.45) is -1.83. The lowest BCUT2D eigenvalue weighted by molar-refractivity contribution is 0.149. The molecular formula is C6H5F2IN2O. The zero-order valence-electron chi connectivity index (χ0n) is 5.77. The normalized spacial score (nSPS) is 10.7. The van der Waals surface area contributed by atoms with E-state index < -0.39 is 17.4 Å². The molecule has 1 aromatic heterocycles. The summed E-state index contributed by atoms with van der Waals surface area (Å²) in [6.45, 7) is 0. The maximum atomic E-state index is 12.1. The first-order valence-electron chi connectivity index (χ1n) is 2.98. The number of hydrogen-bond acceptors (Lipinski definition) is 2. The third-order valence-electron chi connectivity index (χ3n) is 1.32. The predicted octanol–water partition coefficient (Wildman–Crippen LogP) is 1.50. The van der Waals surface area contributed by atoms with Crippen LogP contribution < -0.4 is 11.2 Å². The molecule has 0 aliphatic heterocycles. The number of aromatic nitrogens is 1. The monoisotopic (exact) mass is 286 g/mol. The summed E-state index contributed by atoms with van der Waals surface area (Å²) in [5.41, 5.74) is 4.03. The number of hydrogen-bond donors (Lipinski definition) is 2. The number of aromatic amines is 1. The van der Waals surface area contributed by atoms with Crippen molar-refractivity contribution in [1.82, 2.24) is 4.98 Å². The first-order valence-corrected chi connectivity index (χ1v) is 4.06. The van der Waals surface area contributed by atoms with Gasteiger partial charge in [0.25, 0.3) is 6.43 Å². The molecule has 0 spiro atoms.